The molecule has 0 saturated heterocycles. The van der Waals surface area contributed by atoms with Gasteiger partial charge in [0.1, 0.15) is 24.4 Å². The lowest BCUT2D eigenvalue weighted by atomic mass is 10.3. The molecule has 0 saturated carbocycles. The SMILES string of the molecule is COc1ccccc1-n1cnnc1SC(C)C(=O)N(C)CCOc1ccc(Cl)cc1. The first-order valence-corrected chi connectivity index (χ1v) is 10.6. The fourth-order valence-corrected chi connectivity index (χ4v) is 3.84. The van der Waals surface area contributed by atoms with Crippen molar-refractivity contribution in [2.45, 2.75) is 17.3 Å². The Hall–Kier alpha value is -2.71. The number of nitrogens with zero attached hydrogens (tertiary/aromatic N) is 4. The maximum Gasteiger partial charge on any atom is 0.235 e. The summed E-state index contributed by atoms with van der Waals surface area (Å²) in [5.74, 6) is 1.40. The number of para-hydroxylation sites is 2. The first-order valence-electron chi connectivity index (χ1n) is 9.33. The highest BCUT2D eigenvalue weighted by Gasteiger charge is 2.22. The minimum absolute atomic E-state index is 0.0192. The molecule has 0 spiro atoms. The van der Waals surface area contributed by atoms with Crippen LogP contribution in [0.5, 0.6) is 11.5 Å². The van der Waals surface area contributed by atoms with E-state index in [0.29, 0.717) is 34.8 Å². The van der Waals surface area contributed by atoms with Crippen LogP contribution in [0.25, 0.3) is 5.69 Å². The number of methoxy groups -OCH3 is 1. The van der Waals surface area contributed by atoms with Crippen LogP contribution in [0.4, 0.5) is 0 Å². The average molecular weight is 447 g/mol. The van der Waals surface area contributed by atoms with E-state index in [1.54, 1.807) is 49.7 Å². The minimum Gasteiger partial charge on any atom is -0.495 e. The van der Waals surface area contributed by atoms with Crippen LogP contribution in [0.2, 0.25) is 5.02 Å². The number of rotatable bonds is 9. The molecule has 1 atom stereocenters. The molecule has 0 aliphatic heterocycles. The van der Waals surface area contributed by atoms with E-state index in [1.165, 1.54) is 11.8 Å². The maximum absolute atomic E-state index is 12.8. The summed E-state index contributed by atoms with van der Waals surface area (Å²) >= 11 is 7.21. The fraction of sp³-hybridized carbons (Fsp3) is 0.286. The Labute approximate surface area is 185 Å². The predicted octanol–water partition coefficient (Wildman–Crippen LogP) is 3.95. The van der Waals surface area contributed by atoms with E-state index in [1.807, 2.05) is 35.8 Å². The van der Waals surface area contributed by atoms with Crippen LogP contribution >= 0.6 is 23.4 Å². The Morgan fingerprint density at radius 1 is 1.23 bits per heavy atom. The van der Waals surface area contributed by atoms with Gasteiger partial charge in [-0.2, -0.15) is 0 Å². The maximum atomic E-state index is 12.8. The molecule has 1 heterocycles. The Morgan fingerprint density at radius 3 is 2.70 bits per heavy atom. The van der Waals surface area contributed by atoms with Gasteiger partial charge in [-0.25, -0.2) is 0 Å². The lowest BCUT2D eigenvalue weighted by Crippen LogP contribution is -2.36. The zero-order valence-electron chi connectivity index (χ0n) is 17.0. The molecular formula is C21H23ClN4O3S. The van der Waals surface area contributed by atoms with E-state index < -0.39 is 0 Å². The lowest BCUT2D eigenvalue weighted by Gasteiger charge is -2.21. The van der Waals surface area contributed by atoms with Crippen molar-refractivity contribution in [1.29, 1.82) is 0 Å². The van der Waals surface area contributed by atoms with E-state index >= 15 is 0 Å². The van der Waals surface area contributed by atoms with Gasteiger partial charge in [-0.05, 0) is 43.3 Å². The number of thioether (sulfide) groups is 1. The number of benzene rings is 2. The molecule has 30 heavy (non-hydrogen) atoms. The summed E-state index contributed by atoms with van der Waals surface area (Å²) < 4.78 is 12.9. The van der Waals surface area contributed by atoms with Crippen LogP contribution in [-0.4, -0.2) is 58.1 Å². The summed E-state index contributed by atoms with van der Waals surface area (Å²) in [6, 6.07) is 14.7. The lowest BCUT2D eigenvalue weighted by molar-refractivity contribution is -0.129. The smallest absolute Gasteiger partial charge is 0.235 e. The monoisotopic (exact) mass is 446 g/mol. The molecule has 7 nitrogen and oxygen atoms in total. The molecule has 0 aliphatic rings. The molecule has 2 aromatic carbocycles. The van der Waals surface area contributed by atoms with Crippen LogP contribution in [0, 0.1) is 0 Å². The number of halogens is 1. The number of amides is 1. The van der Waals surface area contributed by atoms with E-state index in [4.69, 9.17) is 21.1 Å². The third kappa shape index (κ3) is 5.46. The Kier molecular flexibility index (Phi) is 7.59. The molecule has 9 heteroatoms. The van der Waals surface area contributed by atoms with Crippen molar-refractivity contribution < 1.29 is 14.3 Å². The van der Waals surface area contributed by atoms with Gasteiger partial charge in [-0.3, -0.25) is 9.36 Å². The molecule has 1 aromatic heterocycles. The van der Waals surface area contributed by atoms with Gasteiger partial charge >= 0.3 is 0 Å². The quantitative estimate of drug-likeness (QED) is 0.463. The van der Waals surface area contributed by atoms with E-state index in [-0.39, 0.29) is 11.2 Å². The van der Waals surface area contributed by atoms with Gasteiger partial charge in [0.15, 0.2) is 5.16 Å². The fourth-order valence-electron chi connectivity index (χ4n) is 2.76. The molecule has 0 radical (unpaired) electrons. The third-order valence-corrected chi connectivity index (χ3v) is 5.67. The highest BCUT2D eigenvalue weighted by molar-refractivity contribution is 8.00. The van der Waals surface area contributed by atoms with Crippen molar-refractivity contribution >= 4 is 29.3 Å². The van der Waals surface area contributed by atoms with Gasteiger partial charge in [0.25, 0.3) is 0 Å². The van der Waals surface area contributed by atoms with Crippen LogP contribution in [-0.2, 0) is 4.79 Å². The number of aromatic nitrogens is 3. The van der Waals surface area contributed by atoms with Crippen molar-refractivity contribution in [2.24, 2.45) is 0 Å². The number of ether oxygens (including phenoxy) is 2. The van der Waals surface area contributed by atoms with Crippen molar-refractivity contribution in [2.75, 3.05) is 27.3 Å². The first kappa shape index (κ1) is 22.0. The van der Waals surface area contributed by atoms with Gasteiger partial charge in [0.05, 0.1) is 24.6 Å². The molecule has 0 bridgehead atoms. The Balaban J connectivity index is 1.58. The topological polar surface area (TPSA) is 69.5 Å². The second-order valence-corrected chi connectivity index (χ2v) is 8.22. The van der Waals surface area contributed by atoms with Crippen molar-refractivity contribution in [3.8, 4) is 17.2 Å². The zero-order chi connectivity index (χ0) is 21.5. The summed E-state index contributed by atoms with van der Waals surface area (Å²) in [7, 11) is 3.37. The standard InChI is InChI=1S/C21H23ClN4O3S/c1-15(20(27)25(2)12-13-29-17-10-8-16(22)9-11-17)30-21-24-23-14-26(21)18-6-4-5-7-19(18)28-3/h4-11,14-15H,12-13H2,1-3H3. The van der Waals surface area contributed by atoms with Gasteiger partial charge in [-0.15, -0.1) is 10.2 Å². The highest BCUT2D eigenvalue weighted by Crippen LogP contribution is 2.29. The largest absolute Gasteiger partial charge is 0.495 e. The number of hydrogen-bond donors (Lipinski definition) is 0. The molecule has 3 rings (SSSR count). The molecule has 1 amide bonds. The number of carbonyl (C=O) groups excluding carboxylic acids is 1. The van der Waals surface area contributed by atoms with E-state index in [0.717, 1.165) is 5.69 Å². The molecule has 3 aromatic rings. The van der Waals surface area contributed by atoms with Gasteiger partial charge in [0.2, 0.25) is 5.91 Å². The van der Waals surface area contributed by atoms with Gasteiger partial charge < -0.3 is 14.4 Å². The Bertz CT molecular complexity index is 980. The normalized spacial score (nSPS) is 11.7. The minimum atomic E-state index is -0.344. The molecule has 0 fully saturated rings. The first-order chi connectivity index (χ1) is 14.5. The second-order valence-electron chi connectivity index (χ2n) is 6.48. The third-order valence-electron chi connectivity index (χ3n) is 4.38. The summed E-state index contributed by atoms with van der Waals surface area (Å²) in [4.78, 5) is 14.4. The molecule has 158 valence electrons. The van der Waals surface area contributed by atoms with Crippen LogP contribution in [0.15, 0.2) is 60.0 Å². The molecule has 0 aliphatic carbocycles. The highest BCUT2D eigenvalue weighted by atomic mass is 35.5. The van der Waals surface area contributed by atoms with E-state index in [9.17, 15) is 4.79 Å². The summed E-state index contributed by atoms with van der Waals surface area (Å²) in [6.07, 6.45) is 1.61. The van der Waals surface area contributed by atoms with E-state index in [2.05, 4.69) is 10.2 Å². The Morgan fingerprint density at radius 2 is 1.97 bits per heavy atom. The summed E-state index contributed by atoms with van der Waals surface area (Å²) in [6.45, 7) is 2.70. The number of likely N-dealkylation sites (N-methyl/N-ethyl adjacent to an activating group) is 1. The number of hydrogen-bond acceptors (Lipinski definition) is 6. The molecule has 0 N–H and O–H groups in total. The predicted molar refractivity (Wildman–Crippen MR) is 118 cm³/mol. The molecular weight excluding hydrogens is 424 g/mol. The second kappa shape index (κ2) is 10.4. The summed E-state index contributed by atoms with van der Waals surface area (Å²) in [5.41, 5.74) is 0.817. The van der Waals surface area contributed by atoms with Crippen molar-refractivity contribution in [3.63, 3.8) is 0 Å². The summed E-state index contributed by atoms with van der Waals surface area (Å²) in [5, 5.41) is 9.10. The molecule has 1 unspecified atom stereocenters. The van der Waals surface area contributed by atoms with Gasteiger partial charge in [0, 0.05) is 12.1 Å². The van der Waals surface area contributed by atoms with Crippen LogP contribution < -0.4 is 9.47 Å². The number of carbonyl (C=O) groups is 1. The van der Waals surface area contributed by atoms with Crippen LogP contribution in [0.1, 0.15) is 6.92 Å². The zero-order valence-corrected chi connectivity index (χ0v) is 18.6. The average Bonchev–Trinajstić information content (AvgIpc) is 3.22. The van der Waals surface area contributed by atoms with Crippen molar-refractivity contribution in [1.82, 2.24) is 19.7 Å². The van der Waals surface area contributed by atoms with Gasteiger partial charge in [-0.1, -0.05) is 35.5 Å². The van der Waals surface area contributed by atoms with Crippen molar-refractivity contribution in [3.05, 3.63) is 59.9 Å². The van der Waals surface area contributed by atoms with Crippen LogP contribution in [0.3, 0.4) is 0 Å².